The van der Waals surface area contributed by atoms with Crippen molar-refractivity contribution in [3.05, 3.63) is 64.3 Å². The zero-order chi connectivity index (χ0) is 20.5. The Labute approximate surface area is 167 Å². The van der Waals surface area contributed by atoms with Gasteiger partial charge in [-0.05, 0) is 43.0 Å². The number of rotatable bonds is 3. The lowest BCUT2D eigenvalue weighted by Gasteiger charge is -2.03. The van der Waals surface area contributed by atoms with E-state index < -0.39 is 20.1 Å². The first kappa shape index (κ1) is 20.7. The van der Waals surface area contributed by atoms with Gasteiger partial charge in [0.1, 0.15) is 4.21 Å². The Kier molecular flexibility index (Phi) is 5.73. The largest absolute Gasteiger partial charge is 0.307 e. The van der Waals surface area contributed by atoms with Crippen molar-refractivity contribution >= 4 is 31.5 Å². The van der Waals surface area contributed by atoms with Gasteiger partial charge in [-0.2, -0.15) is 26.0 Å². The van der Waals surface area contributed by atoms with Crippen LogP contribution in [0, 0.1) is 13.8 Å². The summed E-state index contributed by atoms with van der Waals surface area (Å²) in [7, 11) is -7.53. The lowest BCUT2D eigenvalue weighted by atomic mass is 10.2. The van der Waals surface area contributed by atoms with Gasteiger partial charge in [0.2, 0.25) is 0 Å². The highest BCUT2D eigenvalue weighted by Gasteiger charge is 2.25. The van der Waals surface area contributed by atoms with Crippen LogP contribution in [-0.4, -0.2) is 30.6 Å². The number of fused-ring (bicyclic) bond motifs is 1. The Morgan fingerprint density at radius 2 is 1.75 bits per heavy atom. The van der Waals surface area contributed by atoms with Crippen LogP contribution in [0.2, 0.25) is 0 Å². The lowest BCUT2D eigenvalue weighted by Crippen LogP contribution is -2.15. The van der Waals surface area contributed by atoms with Crippen molar-refractivity contribution in [2.75, 3.05) is 0 Å². The quantitative estimate of drug-likeness (QED) is 0.599. The Hall–Kier alpha value is -2.05. The van der Waals surface area contributed by atoms with E-state index in [1.807, 2.05) is 6.92 Å². The molecule has 8 nitrogen and oxygen atoms in total. The molecule has 4 rings (SSSR count). The Morgan fingerprint density at radius 1 is 1.07 bits per heavy atom. The normalized spacial score (nSPS) is 13.7. The summed E-state index contributed by atoms with van der Waals surface area (Å²) in [5, 5.41) is 9.04. The Bertz CT molecular complexity index is 1170. The van der Waals surface area contributed by atoms with Crippen LogP contribution in [0.1, 0.15) is 22.4 Å². The van der Waals surface area contributed by atoms with Crippen LogP contribution >= 0.6 is 11.3 Å². The van der Waals surface area contributed by atoms with Crippen molar-refractivity contribution in [3.63, 3.8) is 0 Å². The van der Waals surface area contributed by atoms with Crippen LogP contribution in [0.3, 0.4) is 0 Å². The van der Waals surface area contributed by atoms with Gasteiger partial charge in [0.05, 0.1) is 10.6 Å². The smallest absolute Gasteiger partial charge is 0.294 e. The number of thiophene rings is 1. The van der Waals surface area contributed by atoms with Crippen molar-refractivity contribution in [2.45, 2.75) is 36.0 Å². The van der Waals surface area contributed by atoms with Gasteiger partial charge < -0.3 is 5.32 Å². The van der Waals surface area contributed by atoms with Crippen LogP contribution in [0.25, 0.3) is 0 Å². The van der Waals surface area contributed by atoms with E-state index in [4.69, 9.17) is 4.55 Å². The van der Waals surface area contributed by atoms with Crippen LogP contribution < -0.4 is 5.32 Å². The summed E-state index contributed by atoms with van der Waals surface area (Å²) in [5.74, 6) is 0. The highest BCUT2D eigenvalue weighted by Crippen LogP contribution is 2.25. The third kappa shape index (κ3) is 4.33. The lowest BCUT2D eigenvalue weighted by molar-refractivity contribution is 0.483. The first-order valence-electron chi connectivity index (χ1n) is 8.21. The van der Waals surface area contributed by atoms with Gasteiger partial charge >= 0.3 is 0 Å². The SMILES string of the molecule is Cc1ccc(S(=O)(=O)O)cc1.Cc1ccsc1S(=O)(=O)n1cc2c(n1)CNC2. The van der Waals surface area contributed by atoms with Crippen molar-refractivity contribution in [1.82, 2.24) is 14.5 Å². The molecule has 0 saturated carbocycles. The zero-order valence-electron chi connectivity index (χ0n) is 15.2. The van der Waals surface area contributed by atoms with Crippen LogP contribution in [-0.2, 0) is 33.2 Å². The van der Waals surface area contributed by atoms with E-state index in [9.17, 15) is 16.8 Å². The molecule has 2 aromatic heterocycles. The number of nitrogens with zero attached hydrogens (tertiary/aromatic N) is 2. The molecule has 1 aromatic carbocycles. The minimum atomic E-state index is -4.02. The van der Waals surface area contributed by atoms with Gasteiger partial charge in [0, 0.05) is 24.8 Å². The monoisotopic (exact) mass is 441 g/mol. The van der Waals surface area contributed by atoms with E-state index in [2.05, 4.69) is 10.4 Å². The number of benzene rings is 1. The van der Waals surface area contributed by atoms with Crippen LogP contribution in [0.4, 0.5) is 0 Å². The summed E-state index contributed by atoms with van der Waals surface area (Å²) in [5.41, 5.74) is 3.51. The molecule has 0 unspecified atom stereocenters. The van der Waals surface area contributed by atoms with Gasteiger partial charge in [-0.25, -0.2) is 0 Å². The fourth-order valence-corrected chi connectivity index (χ4v) is 5.70. The first-order chi connectivity index (χ1) is 13.1. The molecular weight excluding hydrogens is 422 g/mol. The molecule has 0 radical (unpaired) electrons. The minimum Gasteiger partial charge on any atom is -0.307 e. The Morgan fingerprint density at radius 3 is 2.29 bits per heavy atom. The second-order valence-corrected chi connectivity index (χ2v) is 10.6. The second kappa shape index (κ2) is 7.76. The molecule has 150 valence electrons. The van der Waals surface area contributed by atoms with E-state index >= 15 is 0 Å². The van der Waals surface area contributed by atoms with Crippen molar-refractivity contribution in [3.8, 4) is 0 Å². The van der Waals surface area contributed by atoms with E-state index in [0.717, 1.165) is 26.5 Å². The maximum atomic E-state index is 12.3. The minimum absolute atomic E-state index is 0.0666. The predicted molar refractivity (Wildman–Crippen MR) is 105 cm³/mol. The first-order valence-corrected chi connectivity index (χ1v) is 12.0. The molecule has 0 atom stereocenters. The third-order valence-corrected chi connectivity index (χ3v) is 8.15. The fraction of sp³-hybridized carbons (Fsp3) is 0.235. The van der Waals surface area contributed by atoms with Gasteiger partial charge in [0.25, 0.3) is 20.1 Å². The number of aromatic nitrogens is 2. The molecule has 0 fully saturated rings. The standard InChI is InChI=1S/C10H11N3O2S2.C7H8O3S/c1-7-2-3-16-10(7)17(14,15)13-6-8-4-11-5-9(8)12-13;1-6-2-4-7(5-3-6)11(8,9)10/h2-3,6,11H,4-5H2,1H3;2-5H,1H3,(H,8,9,10). The van der Waals surface area contributed by atoms with E-state index in [0.29, 0.717) is 17.3 Å². The van der Waals surface area contributed by atoms with Crippen molar-refractivity contribution < 1.29 is 21.4 Å². The maximum Gasteiger partial charge on any atom is 0.294 e. The van der Waals surface area contributed by atoms with Crippen LogP contribution in [0.5, 0.6) is 0 Å². The summed E-state index contributed by atoms with van der Waals surface area (Å²) >= 11 is 1.23. The molecule has 11 heteroatoms. The molecule has 0 amide bonds. The van der Waals surface area contributed by atoms with Gasteiger partial charge in [-0.1, -0.05) is 17.7 Å². The summed E-state index contributed by atoms with van der Waals surface area (Å²) in [4.78, 5) is -0.0666. The molecule has 0 spiro atoms. The zero-order valence-corrected chi connectivity index (χ0v) is 17.6. The van der Waals surface area contributed by atoms with E-state index in [-0.39, 0.29) is 4.90 Å². The topological polar surface area (TPSA) is 118 Å². The average molecular weight is 442 g/mol. The number of nitrogens with one attached hydrogen (secondary N) is 1. The van der Waals surface area contributed by atoms with Crippen LogP contribution in [0.15, 0.2) is 51.0 Å². The van der Waals surface area contributed by atoms with Gasteiger partial charge in [0.15, 0.2) is 0 Å². The van der Waals surface area contributed by atoms with Crippen molar-refractivity contribution in [2.24, 2.45) is 0 Å². The maximum absolute atomic E-state index is 12.3. The van der Waals surface area contributed by atoms with Crippen molar-refractivity contribution in [1.29, 1.82) is 0 Å². The molecule has 1 aliphatic rings. The summed E-state index contributed by atoms with van der Waals surface area (Å²) in [6.07, 6.45) is 1.60. The number of hydrogen-bond donors (Lipinski definition) is 2. The molecular formula is C17H19N3O5S3. The predicted octanol–water partition coefficient (Wildman–Crippen LogP) is 2.33. The summed E-state index contributed by atoms with van der Waals surface area (Å²) in [6.45, 7) is 4.96. The molecule has 3 aromatic rings. The van der Waals surface area contributed by atoms with E-state index in [1.54, 1.807) is 36.7 Å². The van der Waals surface area contributed by atoms with Gasteiger partial charge in [-0.3, -0.25) is 4.55 Å². The highest BCUT2D eigenvalue weighted by molar-refractivity contribution is 7.92. The van der Waals surface area contributed by atoms with Gasteiger partial charge in [-0.15, -0.1) is 11.3 Å². The average Bonchev–Trinajstić information content (AvgIpc) is 3.30. The molecule has 2 N–H and O–H groups in total. The molecule has 28 heavy (non-hydrogen) atoms. The fourth-order valence-electron chi connectivity index (χ4n) is 2.57. The highest BCUT2D eigenvalue weighted by atomic mass is 32.2. The second-order valence-electron chi connectivity index (χ2n) is 6.26. The number of hydrogen-bond acceptors (Lipinski definition) is 7. The number of aryl methyl sites for hydroxylation is 2. The molecule has 0 aliphatic carbocycles. The summed E-state index contributed by atoms with van der Waals surface area (Å²) < 4.78 is 55.6. The molecule has 0 saturated heterocycles. The molecule has 3 heterocycles. The molecule has 1 aliphatic heterocycles. The third-order valence-electron chi connectivity index (χ3n) is 4.08. The molecule has 0 bridgehead atoms. The Balaban J connectivity index is 0.000000178. The van der Waals surface area contributed by atoms with E-state index in [1.165, 1.54) is 23.5 Å². The summed E-state index contributed by atoms with van der Waals surface area (Å²) in [6, 6.07) is 7.79.